The highest BCUT2D eigenvalue weighted by Gasteiger charge is 2.42. The first-order chi connectivity index (χ1) is 4.98. The molecule has 0 amide bonds. The second-order valence-corrected chi connectivity index (χ2v) is 2.92. The van der Waals surface area contributed by atoms with Crippen molar-refractivity contribution in [2.75, 3.05) is 0 Å². The third-order valence-electron chi connectivity index (χ3n) is 2.11. The van der Waals surface area contributed by atoms with E-state index in [0.717, 1.165) is 0 Å². The molecule has 1 heterocycles. The van der Waals surface area contributed by atoms with Crippen molar-refractivity contribution in [3.63, 3.8) is 0 Å². The predicted octanol–water partition coefficient (Wildman–Crippen LogP) is -0.258. The van der Waals surface area contributed by atoms with E-state index in [4.69, 9.17) is 10.2 Å². The maximum atomic E-state index is 11.0. The Balaban J connectivity index is 2.81. The summed E-state index contributed by atoms with van der Waals surface area (Å²) >= 11 is 0. The fraction of sp³-hybridized carbons (Fsp3) is 0.833. The molecule has 5 nitrogen and oxygen atoms in total. The van der Waals surface area contributed by atoms with E-state index in [0.29, 0.717) is 0 Å². The fourth-order valence-corrected chi connectivity index (χ4v) is 1.17. The van der Waals surface area contributed by atoms with Crippen molar-refractivity contribution in [3.8, 4) is 0 Å². The molecule has 1 saturated heterocycles. The molecule has 0 saturated carbocycles. The molecule has 64 valence electrons. The SMILES string of the molecule is CC1(C(=O)O)CCC(O)N1[O-]. The monoisotopic (exact) mass is 160 g/mol. The number of hydroxylamine groups is 2. The number of hydrogen-bond acceptors (Lipinski definition) is 4. The largest absolute Gasteiger partial charge is 0.783 e. The number of hydrogen-bond donors (Lipinski definition) is 2. The summed E-state index contributed by atoms with van der Waals surface area (Å²) in [5.74, 6) is -1.18. The number of aliphatic hydroxyl groups is 1. The molecule has 0 aliphatic carbocycles. The van der Waals surface area contributed by atoms with Gasteiger partial charge < -0.3 is 20.5 Å². The molecule has 1 rings (SSSR count). The molecule has 0 aromatic carbocycles. The van der Waals surface area contributed by atoms with Crippen LogP contribution in [0.1, 0.15) is 19.8 Å². The van der Waals surface area contributed by atoms with Gasteiger partial charge in [-0.2, -0.15) is 0 Å². The highest BCUT2D eigenvalue weighted by Crippen LogP contribution is 2.31. The third-order valence-corrected chi connectivity index (χ3v) is 2.11. The Morgan fingerprint density at radius 2 is 2.36 bits per heavy atom. The first kappa shape index (κ1) is 8.45. The average molecular weight is 160 g/mol. The molecule has 0 bridgehead atoms. The number of carboxylic acids is 1. The van der Waals surface area contributed by atoms with E-state index in [1.807, 2.05) is 0 Å². The summed E-state index contributed by atoms with van der Waals surface area (Å²) in [4.78, 5) is 10.5. The zero-order valence-corrected chi connectivity index (χ0v) is 6.15. The lowest BCUT2D eigenvalue weighted by Crippen LogP contribution is -2.47. The van der Waals surface area contributed by atoms with Gasteiger partial charge in [-0.3, -0.25) is 4.79 Å². The van der Waals surface area contributed by atoms with Gasteiger partial charge in [-0.25, -0.2) is 0 Å². The van der Waals surface area contributed by atoms with Crippen LogP contribution in [0.4, 0.5) is 0 Å². The molecule has 1 fully saturated rings. The zero-order valence-electron chi connectivity index (χ0n) is 6.15. The molecule has 0 spiro atoms. The van der Waals surface area contributed by atoms with E-state index in [1.165, 1.54) is 6.92 Å². The Hall–Kier alpha value is -0.650. The molecule has 0 aromatic heterocycles. The summed E-state index contributed by atoms with van der Waals surface area (Å²) in [6.07, 6.45) is -0.727. The van der Waals surface area contributed by atoms with Crippen LogP contribution in [0, 0.1) is 5.21 Å². The summed E-state index contributed by atoms with van der Waals surface area (Å²) < 4.78 is 0. The van der Waals surface area contributed by atoms with Crippen LogP contribution in [0.3, 0.4) is 0 Å². The molecule has 5 heteroatoms. The van der Waals surface area contributed by atoms with Gasteiger partial charge in [0.15, 0.2) is 0 Å². The lowest BCUT2D eigenvalue weighted by molar-refractivity contribution is -0.149. The van der Waals surface area contributed by atoms with Gasteiger partial charge in [-0.05, 0) is 19.8 Å². The highest BCUT2D eigenvalue weighted by atomic mass is 16.5. The zero-order chi connectivity index (χ0) is 8.65. The number of carboxylic acid groups (broad SMARTS) is 1. The maximum Gasteiger partial charge on any atom is 0.322 e. The third kappa shape index (κ3) is 1.11. The summed E-state index contributed by atoms with van der Waals surface area (Å²) in [6.45, 7) is 1.32. The van der Waals surface area contributed by atoms with Crippen molar-refractivity contribution in [2.24, 2.45) is 0 Å². The highest BCUT2D eigenvalue weighted by molar-refractivity contribution is 5.78. The van der Waals surface area contributed by atoms with Gasteiger partial charge in [-0.1, -0.05) is 0 Å². The van der Waals surface area contributed by atoms with E-state index in [2.05, 4.69) is 0 Å². The van der Waals surface area contributed by atoms with Gasteiger partial charge in [0, 0.05) is 0 Å². The molecular formula is C6H10NO4-. The minimum atomic E-state index is -1.43. The van der Waals surface area contributed by atoms with Crippen molar-refractivity contribution in [3.05, 3.63) is 5.21 Å². The van der Waals surface area contributed by atoms with Gasteiger partial charge in [0.1, 0.15) is 5.54 Å². The minimum Gasteiger partial charge on any atom is -0.783 e. The standard InChI is InChI=1S/C6H10NO4/c1-6(5(9)10)3-2-4(8)7(6)11/h4,8H,2-3H2,1H3,(H,9,10)/q-1. The van der Waals surface area contributed by atoms with Crippen LogP contribution in [0.25, 0.3) is 0 Å². The van der Waals surface area contributed by atoms with E-state index < -0.39 is 17.7 Å². The van der Waals surface area contributed by atoms with E-state index in [-0.39, 0.29) is 17.9 Å². The van der Waals surface area contributed by atoms with E-state index in [1.54, 1.807) is 0 Å². The van der Waals surface area contributed by atoms with Crippen molar-refractivity contribution in [1.29, 1.82) is 0 Å². The fourth-order valence-electron chi connectivity index (χ4n) is 1.17. The van der Waals surface area contributed by atoms with E-state index in [9.17, 15) is 10.0 Å². The molecule has 1 aliphatic heterocycles. The Kier molecular flexibility index (Phi) is 1.87. The molecular weight excluding hydrogens is 150 g/mol. The normalized spacial score (nSPS) is 39.4. The molecule has 1 aliphatic rings. The number of carbonyl (C=O) groups is 1. The Bertz CT molecular complexity index is 183. The van der Waals surface area contributed by atoms with Gasteiger partial charge in [0.25, 0.3) is 0 Å². The maximum absolute atomic E-state index is 11.0. The second kappa shape index (κ2) is 2.44. The number of aliphatic hydroxyl groups excluding tert-OH is 1. The topological polar surface area (TPSA) is 83.8 Å². The van der Waals surface area contributed by atoms with Crippen LogP contribution < -0.4 is 0 Å². The average Bonchev–Trinajstić information content (AvgIpc) is 2.18. The summed E-state index contributed by atoms with van der Waals surface area (Å²) in [7, 11) is 0. The first-order valence-corrected chi connectivity index (χ1v) is 3.36. The first-order valence-electron chi connectivity index (χ1n) is 3.36. The molecule has 2 unspecified atom stereocenters. The van der Waals surface area contributed by atoms with Crippen LogP contribution in [-0.4, -0.2) is 33.0 Å². The quantitative estimate of drug-likeness (QED) is 0.552. The lowest BCUT2D eigenvalue weighted by Gasteiger charge is -2.38. The van der Waals surface area contributed by atoms with Crippen molar-refractivity contribution < 1.29 is 15.0 Å². The molecule has 0 aromatic rings. The molecule has 11 heavy (non-hydrogen) atoms. The minimum absolute atomic E-state index is 0.201. The van der Waals surface area contributed by atoms with Gasteiger partial charge in [-0.15, -0.1) is 0 Å². The van der Waals surface area contributed by atoms with Crippen molar-refractivity contribution in [1.82, 2.24) is 5.06 Å². The number of aliphatic carboxylic acids is 1. The van der Waals surface area contributed by atoms with Gasteiger partial charge in [0.05, 0.1) is 6.23 Å². The smallest absolute Gasteiger partial charge is 0.322 e. The van der Waals surface area contributed by atoms with Crippen LogP contribution in [-0.2, 0) is 4.79 Å². The van der Waals surface area contributed by atoms with Crippen LogP contribution >= 0.6 is 0 Å². The predicted molar refractivity (Wildman–Crippen MR) is 36.5 cm³/mol. The Morgan fingerprint density at radius 3 is 2.55 bits per heavy atom. The lowest BCUT2D eigenvalue weighted by atomic mass is 10.0. The van der Waals surface area contributed by atoms with Gasteiger partial charge in [0.2, 0.25) is 0 Å². The second-order valence-electron chi connectivity index (χ2n) is 2.92. The molecule has 0 radical (unpaired) electrons. The molecule has 2 atom stereocenters. The van der Waals surface area contributed by atoms with Gasteiger partial charge >= 0.3 is 5.97 Å². The number of nitrogens with zero attached hydrogens (tertiary/aromatic N) is 1. The van der Waals surface area contributed by atoms with Crippen molar-refractivity contribution in [2.45, 2.75) is 31.5 Å². The van der Waals surface area contributed by atoms with Crippen LogP contribution in [0.5, 0.6) is 0 Å². The summed E-state index contributed by atoms with van der Waals surface area (Å²) in [5.41, 5.74) is -1.43. The molecule has 2 N–H and O–H groups in total. The van der Waals surface area contributed by atoms with Crippen LogP contribution in [0.2, 0.25) is 0 Å². The Labute approximate surface area is 63.8 Å². The Morgan fingerprint density at radius 1 is 1.82 bits per heavy atom. The summed E-state index contributed by atoms with van der Waals surface area (Å²) in [6, 6.07) is 0. The summed E-state index contributed by atoms with van der Waals surface area (Å²) in [5, 5.41) is 28.7. The number of rotatable bonds is 1. The van der Waals surface area contributed by atoms with E-state index >= 15 is 0 Å². The van der Waals surface area contributed by atoms with Crippen LogP contribution in [0.15, 0.2) is 0 Å². The van der Waals surface area contributed by atoms with Crippen molar-refractivity contribution >= 4 is 5.97 Å².